The molecule has 0 heterocycles. The van der Waals surface area contributed by atoms with Crippen molar-refractivity contribution in [1.29, 1.82) is 0 Å². The quantitative estimate of drug-likeness (QED) is 0.746. The predicted molar refractivity (Wildman–Crippen MR) is 71.4 cm³/mol. The minimum absolute atomic E-state index is 0.348. The van der Waals surface area contributed by atoms with Gasteiger partial charge in [0, 0.05) is 0 Å². The van der Waals surface area contributed by atoms with Crippen molar-refractivity contribution < 1.29 is 8.42 Å². The lowest BCUT2D eigenvalue weighted by molar-refractivity contribution is 0.602. The number of hydrogen-bond donors (Lipinski definition) is 0. The molecule has 1 aromatic rings. The van der Waals surface area contributed by atoms with Crippen LogP contribution in [0.4, 0.5) is 0 Å². The van der Waals surface area contributed by atoms with Crippen LogP contribution < -0.4 is 0 Å². The molecule has 0 saturated carbocycles. The molecule has 2 nitrogen and oxygen atoms in total. The highest BCUT2D eigenvalue weighted by atomic mass is 32.2. The molecule has 0 bridgehead atoms. The molecule has 0 radical (unpaired) electrons. The number of benzene rings is 1. The third-order valence-electron chi connectivity index (χ3n) is 2.29. The first-order valence-corrected chi connectivity index (χ1v) is 7.28. The van der Waals surface area contributed by atoms with E-state index < -0.39 is 9.84 Å². The maximum absolute atomic E-state index is 12.3. The van der Waals surface area contributed by atoms with Gasteiger partial charge >= 0.3 is 0 Å². The summed E-state index contributed by atoms with van der Waals surface area (Å²) in [6.07, 6.45) is 6.82. The van der Waals surface area contributed by atoms with Gasteiger partial charge in [-0.25, -0.2) is 8.42 Å². The topological polar surface area (TPSA) is 34.1 Å². The van der Waals surface area contributed by atoms with Crippen LogP contribution in [0.1, 0.15) is 26.7 Å². The normalized spacial score (nSPS) is 13.2. The molecule has 0 amide bonds. The zero-order valence-corrected chi connectivity index (χ0v) is 11.1. The second-order valence-corrected chi connectivity index (χ2v) is 5.59. The average Bonchev–Trinajstić information content (AvgIpc) is 2.35. The van der Waals surface area contributed by atoms with Crippen LogP contribution >= 0.6 is 0 Å². The maximum atomic E-state index is 12.3. The standard InChI is InChI=1S/C14H18O2S/c1-3-5-10-13(9-4-2)17(15,16)14-11-7-6-8-12-14/h5-12H,3-4H2,1-2H3/b10-5+,13-9+. The molecule has 0 N–H and O–H groups in total. The lowest BCUT2D eigenvalue weighted by Gasteiger charge is -2.05. The smallest absolute Gasteiger partial charge is 0.206 e. The molecule has 0 atom stereocenters. The van der Waals surface area contributed by atoms with E-state index in [1.54, 1.807) is 36.4 Å². The average molecular weight is 250 g/mol. The van der Waals surface area contributed by atoms with Crippen molar-refractivity contribution in [2.75, 3.05) is 0 Å². The monoisotopic (exact) mass is 250 g/mol. The summed E-state index contributed by atoms with van der Waals surface area (Å²) in [5, 5.41) is 0. The summed E-state index contributed by atoms with van der Waals surface area (Å²) in [5.41, 5.74) is 0. The molecule has 0 saturated heterocycles. The first kappa shape index (κ1) is 13.7. The highest BCUT2D eigenvalue weighted by Gasteiger charge is 2.17. The van der Waals surface area contributed by atoms with E-state index >= 15 is 0 Å². The van der Waals surface area contributed by atoms with Gasteiger partial charge in [-0.1, -0.05) is 44.2 Å². The van der Waals surface area contributed by atoms with E-state index in [0.29, 0.717) is 16.2 Å². The van der Waals surface area contributed by atoms with Crippen molar-refractivity contribution in [3.8, 4) is 0 Å². The summed E-state index contributed by atoms with van der Waals surface area (Å²) in [6, 6.07) is 8.53. The number of rotatable bonds is 5. The Morgan fingerprint density at radius 2 is 1.76 bits per heavy atom. The van der Waals surface area contributed by atoms with Gasteiger partial charge in [0.2, 0.25) is 9.84 Å². The molecule has 1 aromatic carbocycles. The molecule has 17 heavy (non-hydrogen) atoms. The highest BCUT2D eigenvalue weighted by molar-refractivity contribution is 7.95. The van der Waals surface area contributed by atoms with Gasteiger partial charge in [-0.05, 0) is 31.1 Å². The number of sulfone groups is 1. The molecular weight excluding hydrogens is 232 g/mol. The number of allylic oxidation sites excluding steroid dienone is 3. The minimum Gasteiger partial charge on any atom is -0.219 e. The van der Waals surface area contributed by atoms with Crippen molar-refractivity contribution in [3.63, 3.8) is 0 Å². The summed E-state index contributed by atoms with van der Waals surface area (Å²) in [7, 11) is -3.36. The van der Waals surface area contributed by atoms with Crippen LogP contribution in [0.2, 0.25) is 0 Å². The van der Waals surface area contributed by atoms with E-state index in [-0.39, 0.29) is 0 Å². The highest BCUT2D eigenvalue weighted by Crippen LogP contribution is 2.20. The van der Waals surface area contributed by atoms with E-state index in [9.17, 15) is 8.42 Å². The Labute approximate surface area is 104 Å². The third-order valence-corrected chi connectivity index (χ3v) is 4.10. The second-order valence-electron chi connectivity index (χ2n) is 3.64. The van der Waals surface area contributed by atoms with Crippen molar-refractivity contribution in [1.82, 2.24) is 0 Å². The Bertz CT molecular complexity index is 496. The lowest BCUT2D eigenvalue weighted by Crippen LogP contribution is -2.03. The summed E-state index contributed by atoms with van der Waals surface area (Å²) < 4.78 is 24.6. The van der Waals surface area contributed by atoms with Crippen LogP contribution in [-0.4, -0.2) is 8.42 Å². The predicted octanol–water partition coefficient (Wildman–Crippen LogP) is 3.72. The Kier molecular flexibility index (Phi) is 5.16. The van der Waals surface area contributed by atoms with Gasteiger partial charge in [0.15, 0.2) is 0 Å². The summed E-state index contributed by atoms with van der Waals surface area (Å²) >= 11 is 0. The van der Waals surface area contributed by atoms with Gasteiger partial charge in [0.25, 0.3) is 0 Å². The van der Waals surface area contributed by atoms with Gasteiger partial charge in [-0.15, -0.1) is 0 Å². The molecule has 92 valence electrons. The van der Waals surface area contributed by atoms with E-state index in [4.69, 9.17) is 0 Å². The molecule has 0 unspecified atom stereocenters. The summed E-state index contributed by atoms with van der Waals surface area (Å²) in [4.78, 5) is 0.730. The first-order valence-electron chi connectivity index (χ1n) is 5.79. The van der Waals surface area contributed by atoms with Crippen LogP contribution in [0.15, 0.2) is 58.4 Å². The zero-order chi connectivity index (χ0) is 12.7. The maximum Gasteiger partial charge on any atom is 0.206 e. The largest absolute Gasteiger partial charge is 0.219 e. The fourth-order valence-corrected chi connectivity index (χ4v) is 2.89. The summed E-state index contributed by atoms with van der Waals surface area (Å²) in [6.45, 7) is 3.91. The van der Waals surface area contributed by atoms with E-state index in [1.807, 2.05) is 26.0 Å². The minimum atomic E-state index is -3.36. The molecule has 1 rings (SSSR count). The number of hydrogen-bond acceptors (Lipinski definition) is 2. The van der Waals surface area contributed by atoms with Crippen molar-refractivity contribution in [3.05, 3.63) is 53.5 Å². The Hall–Kier alpha value is -1.35. The SMILES string of the molecule is CC/C=C/C(=C\CC)S(=O)(=O)c1ccccc1. The van der Waals surface area contributed by atoms with Gasteiger partial charge in [-0.2, -0.15) is 0 Å². The van der Waals surface area contributed by atoms with Gasteiger partial charge in [-0.3, -0.25) is 0 Å². The first-order chi connectivity index (χ1) is 8.12. The van der Waals surface area contributed by atoms with Crippen molar-refractivity contribution >= 4 is 9.84 Å². The van der Waals surface area contributed by atoms with E-state index in [0.717, 1.165) is 6.42 Å². The van der Waals surface area contributed by atoms with Gasteiger partial charge in [0.1, 0.15) is 0 Å². The Balaban J connectivity index is 3.19. The molecule has 0 aliphatic heterocycles. The fourth-order valence-electron chi connectivity index (χ4n) is 1.44. The Morgan fingerprint density at radius 1 is 1.12 bits per heavy atom. The Morgan fingerprint density at radius 3 is 2.29 bits per heavy atom. The second kappa shape index (κ2) is 6.40. The lowest BCUT2D eigenvalue weighted by atomic mass is 10.3. The zero-order valence-electron chi connectivity index (χ0n) is 10.3. The van der Waals surface area contributed by atoms with Crippen LogP contribution in [0.5, 0.6) is 0 Å². The fraction of sp³-hybridized carbons (Fsp3) is 0.286. The molecule has 0 aliphatic carbocycles. The van der Waals surface area contributed by atoms with Crippen LogP contribution in [0.25, 0.3) is 0 Å². The van der Waals surface area contributed by atoms with Crippen LogP contribution in [-0.2, 0) is 9.84 Å². The molecule has 0 fully saturated rings. The molecule has 0 aromatic heterocycles. The molecule has 0 spiro atoms. The van der Waals surface area contributed by atoms with Crippen LogP contribution in [0.3, 0.4) is 0 Å². The van der Waals surface area contributed by atoms with Crippen molar-refractivity contribution in [2.45, 2.75) is 31.6 Å². The van der Waals surface area contributed by atoms with E-state index in [2.05, 4.69) is 0 Å². The molecule has 0 aliphatic rings. The molecule has 3 heteroatoms. The third kappa shape index (κ3) is 3.56. The van der Waals surface area contributed by atoms with Crippen molar-refractivity contribution in [2.24, 2.45) is 0 Å². The molecular formula is C14H18O2S. The van der Waals surface area contributed by atoms with E-state index in [1.165, 1.54) is 0 Å². The van der Waals surface area contributed by atoms with Gasteiger partial charge < -0.3 is 0 Å². The summed E-state index contributed by atoms with van der Waals surface area (Å²) in [5.74, 6) is 0. The van der Waals surface area contributed by atoms with Gasteiger partial charge in [0.05, 0.1) is 9.80 Å². The van der Waals surface area contributed by atoms with Crippen LogP contribution in [0, 0.1) is 0 Å².